The molecule has 0 spiro atoms. The van der Waals surface area contributed by atoms with Gasteiger partial charge in [-0.1, -0.05) is 12.1 Å². The number of anilines is 3. The Morgan fingerprint density at radius 1 is 0.875 bits per heavy atom. The van der Waals surface area contributed by atoms with Gasteiger partial charge in [0.25, 0.3) is 0 Å². The highest BCUT2D eigenvalue weighted by atomic mass is 19.1. The lowest BCUT2D eigenvalue weighted by molar-refractivity contribution is 0.250. The van der Waals surface area contributed by atoms with Crippen molar-refractivity contribution in [3.8, 4) is 5.75 Å². The second-order valence-corrected chi connectivity index (χ2v) is 6.68. The Kier molecular flexibility index (Phi) is 7.58. The molecule has 9 heteroatoms. The Balaban J connectivity index is 1.65. The Morgan fingerprint density at radius 2 is 1.56 bits per heavy atom. The van der Waals surface area contributed by atoms with Gasteiger partial charge in [0, 0.05) is 36.2 Å². The normalized spacial score (nSPS) is 10.2. The Morgan fingerprint density at radius 3 is 2.25 bits per heavy atom. The van der Waals surface area contributed by atoms with E-state index in [9.17, 15) is 18.4 Å². The average Bonchev–Trinajstić information content (AvgIpc) is 2.77. The Hall–Kier alpha value is -4.14. The van der Waals surface area contributed by atoms with Crippen LogP contribution in [0.1, 0.15) is 0 Å². The van der Waals surface area contributed by atoms with Crippen molar-refractivity contribution in [1.29, 1.82) is 0 Å². The first-order valence-electron chi connectivity index (χ1n) is 9.73. The number of ether oxygens (including phenoxy) is 1. The molecule has 0 radical (unpaired) electrons. The van der Waals surface area contributed by atoms with Gasteiger partial charge in [0.1, 0.15) is 17.4 Å². The first-order chi connectivity index (χ1) is 15.4. The summed E-state index contributed by atoms with van der Waals surface area (Å²) in [7, 11) is 1.52. The molecule has 0 saturated heterocycles. The number of hydrogen-bond acceptors (Lipinski definition) is 3. The van der Waals surface area contributed by atoms with Gasteiger partial charge in [-0.3, -0.25) is 4.90 Å². The van der Waals surface area contributed by atoms with Gasteiger partial charge < -0.3 is 20.7 Å². The predicted octanol–water partition coefficient (Wildman–Crippen LogP) is 4.83. The van der Waals surface area contributed by atoms with Crippen molar-refractivity contribution in [3.05, 3.63) is 84.4 Å². The summed E-state index contributed by atoms with van der Waals surface area (Å²) in [4.78, 5) is 26.4. The zero-order chi connectivity index (χ0) is 22.9. The third-order valence-electron chi connectivity index (χ3n) is 4.41. The van der Waals surface area contributed by atoms with Gasteiger partial charge in [-0.15, -0.1) is 0 Å². The molecular formula is C23H22F2N4O3. The molecule has 3 aromatic rings. The van der Waals surface area contributed by atoms with Crippen LogP contribution >= 0.6 is 0 Å². The molecular weight excluding hydrogens is 418 g/mol. The van der Waals surface area contributed by atoms with E-state index in [0.717, 1.165) is 0 Å². The van der Waals surface area contributed by atoms with Gasteiger partial charge in [0.05, 0.1) is 7.11 Å². The third kappa shape index (κ3) is 6.43. The summed E-state index contributed by atoms with van der Waals surface area (Å²) in [6, 6.07) is 16.7. The Labute approximate surface area is 184 Å². The number of benzene rings is 3. The molecule has 0 bridgehead atoms. The maximum Gasteiger partial charge on any atom is 0.326 e. The van der Waals surface area contributed by atoms with Crippen LogP contribution in [0.4, 0.5) is 35.4 Å². The van der Waals surface area contributed by atoms with E-state index in [1.165, 1.54) is 54.5 Å². The number of urea groups is 2. The molecule has 0 fully saturated rings. The number of carbonyl (C=O) groups excluding carboxylic acids is 2. The summed E-state index contributed by atoms with van der Waals surface area (Å²) in [6.45, 7) is 0.183. The third-order valence-corrected chi connectivity index (χ3v) is 4.41. The lowest BCUT2D eigenvalue weighted by atomic mass is 10.2. The largest absolute Gasteiger partial charge is 0.497 e. The summed E-state index contributed by atoms with van der Waals surface area (Å²) >= 11 is 0. The minimum Gasteiger partial charge on any atom is -0.497 e. The molecule has 0 aliphatic carbocycles. The fourth-order valence-corrected chi connectivity index (χ4v) is 2.88. The minimum absolute atomic E-state index is 0.0874. The smallest absolute Gasteiger partial charge is 0.326 e. The summed E-state index contributed by atoms with van der Waals surface area (Å²) in [5.74, 6) is -0.333. The molecule has 3 N–H and O–H groups in total. The maximum absolute atomic E-state index is 13.3. The molecule has 0 aromatic heterocycles. The first-order valence-corrected chi connectivity index (χ1v) is 9.73. The van der Waals surface area contributed by atoms with Gasteiger partial charge in [-0.05, 0) is 54.6 Å². The van der Waals surface area contributed by atoms with Crippen molar-refractivity contribution in [2.24, 2.45) is 0 Å². The van der Waals surface area contributed by atoms with Gasteiger partial charge >= 0.3 is 12.1 Å². The van der Waals surface area contributed by atoms with Gasteiger partial charge in [0.2, 0.25) is 0 Å². The monoisotopic (exact) mass is 440 g/mol. The molecule has 32 heavy (non-hydrogen) atoms. The highest BCUT2D eigenvalue weighted by Crippen LogP contribution is 2.20. The number of rotatable bonds is 7. The molecule has 3 rings (SSSR count). The van der Waals surface area contributed by atoms with E-state index < -0.39 is 23.7 Å². The number of nitrogens with one attached hydrogen (secondary N) is 3. The van der Waals surface area contributed by atoms with E-state index in [2.05, 4.69) is 16.0 Å². The number of amides is 4. The second kappa shape index (κ2) is 10.8. The van der Waals surface area contributed by atoms with Crippen molar-refractivity contribution in [3.63, 3.8) is 0 Å². The van der Waals surface area contributed by atoms with E-state index in [4.69, 9.17) is 4.74 Å². The van der Waals surface area contributed by atoms with Crippen LogP contribution in [0.5, 0.6) is 5.75 Å². The van der Waals surface area contributed by atoms with Crippen LogP contribution in [-0.2, 0) is 0 Å². The van der Waals surface area contributed by atoms with Crippen LogP contribution in [0.15, 0.2) is 72.8 Å². The zero-order valence-electron chi connectivity index (χ0n) is 17.3. The zero-order valence-corrected chi connectivity index (χ0v) is 17.3. The molecule has 166 valence electrons. The number of halogens is 2. The molecule has 0 heterocycles. The summed E-state index contributed by atoms with van der Waals surface area (Å²) < 4.78 is 31.8. The lowest BCUT2D eigenvalue weighted by Crippen LogP contribution is -2.42. The fourth-order valence-electron chi connectivity index (χ4n) is 2.88. The Bertz CT molecular complexity index is 1080. The SMILES string of the molecule is COc1cccc(NC(=O)N(CCNC(=O)Nc2cccc(F)c2)c2ccc(F)cc2)c1. The summed E-state index contributed by atoms with van der Waals surface area (Å²) in [5.41, 5.74) is 1.26. The highest BCUT2D eigenvalue weighted by Gasteiger charge is 2.17. The van der Waals surface area contributed by atoms with E-state index in [1.54, 1.807) is 30.3 Å². The van der Waals surface area contributed by atoms with Gasteiger partial charge in [-0.2, -0.15) is 0 Å². The number of methoxy groups -OCH3 is 1. The summed E-state index contributed by atoms with van der Waals surface area (Å²) in [5, 5.41) is 7.88. The second-order valence-electron chi connectivity index (χ2n) is 6.68. The lowest BCUT2D eigenvalue weighted by Gasteiger charge is -2.23. The van der Waals surface area contributed by atoms with E-state index >= 15 is 0 Å². The molecule has 0 aliphatic rings. The van der Waals surface area contributed by atoms with Crippen LogP contribution in [0.3, 0.4) is 0 Å². The number of hydrogen-bond donors (Lipinski definition) is 3. The van der Waals surface area contributed by atoms with Crippen LogP contribution in [-0.4, -0.2) is 32.3 Å². The summed E-state index contributed by atoms with van der Waals surface area (Å²) in [6.07, 6.45) is 0. The minimum atomic E-state index is -0.553. The fraction of sp³-hybridized carbons (Fsp3) is 0.130. The van der Waals surface area contributed by atoms with Crippen LogP contribution in [0.2, 0.25) is 0 Å². The molecule has 0 saturated carbocycles. The molecule has 0 atom stereocenters. The number of nitrogens with zero attached hydrogens (tertiary/aromatic N) is 1. The van der Waals surface area contributed by atoms with Crippen LogP contribution in [0, 0.1) is 11.6 Å². The topological polar surface area (TPSA) is 82.7 Å². The van der Waals surface area contributed by atoms with E-state index in [-0.39, 0.29) is 13.1 Å². The predicted molar refractivity (Wildman–Crippen MR) is 119 cm³/mol. The van der Waals surface area contributed by atoms with Crippen molar-refractivity contribution in [1.82, 2.24) is 5.32 Å². The first kappa shape index (κ1) is 22.5. The van der Waals surface area contributed by atoms with Crippen molar-refractivity contribution >= 4 is 29.1 Å². The van der Waals surface area contributed by atoms with E-state index in [0.29, 0.717) is 22.8 Å². The molecule has 4 amide bonds. The molecule has 3 aromatic carbocycles. The highest BCUT2D eigenvalue weighted by molar-refractivity contribution is 6.02. The number of carbonyl (C=O) groups is 2. The van der Waals surface area contributed by atoms with E-state index in [1.807, 2.05) is 0 Å². The van der Waals surface area contributed by atoms with Gasteiger partial charge in [-0.25, -0.2) is 18.4 Å². The quantitative estimate of drug-likeness (QED) is 0.492. The van der Waals surface area contributed by atoms with Crippen LogP contribution in [0.25, 0.3) is 0 Å². The molecule has 0 unspecified atom stereocenters. The molecule has 0 aliphatic heterocycles. The van der Waals surface area contributed by atoms with Gasteiger partial charge in [0.15, 0.2) is 0 Å². The average molecular weight is 440 g/mol. The van der Waals surface area contributed by atoms with Crippen molar-refractivity contribution in [2.75, 3.05) is 35.7 Å². The van der Waals surface area contributed by atoms with Crippen molar-refractivity contribution in [2.45, 2.75) is 0 Å². The standard InChI is InChI=1S/C23H22F2N4O3/c1-32-21-7-3-6-19(15-21)28-23(31)29(20-10-8-16(24)9-11-20)13-12-26-22(30)27-18-5-2-4-17(25)14-18/h2-11,14-15H,12-13H2,1H3,(H,28,31)(H2,26,27,30). The maximum atomic E-state index is 13.3. The van der Waals surface area contributed by atoms with Crippen LogP contribution < -0.4 is 25.6 Å². The molecule has 7 nitrogen and oxygen atoms in total. The van der Waals surface area contributed by atoms with Crippen molar-refractivity contribution < 1.29 is 23.1 Å².